The Morgan fingerprint density at radius 3 is 2.39 bits per heavy atom. The van der Waals surface area contributed by atoms with Gasteiger partial charge in [0.1, 0.15) is 6.04 Å². The van der Waals surface area contributed by atoms with E-state index in [1.807, 2.05) is 13.8 Å². The highest BCUT2D eigenvalue weighted by Gasteiger charge is 2.24. The summed E-state index contributed by atoms with van der Waals surface area (Å²) < 4.78 is 4.74. The van der Waals surface area contributed by atoms with Crippen molar-refractivity contribution in [2.75, 3.05) is 13.8 Å². The minimum atomic E-state index is -0.531. The van der Waals surface area contributed by atoms with Crippen LogP contribution in [-0.2, 0) is 9.53 Å². The number of amides is 1. The van der Waals surface area contributed by atoms with Gasteiger partial charge in [0.2, 0.25) is 0 Å². The van der Waals surface area contributed by atoms with Gasteiger partial charge in [0.15, 0.2) is 0 Å². The number of nitrogens with zero attached hydrogens (tertiary/aromatic N) is 1. The Balaban J connectivity index is 2.57. The fraction of sp³-hybridized carbons (Fsp3) is 0.467. The molecule has 0 saturated heterocycles. The van der Waals surface area contributed by atoms with Crippen LogP contribution in [0.25, 0.3) is 0 Å². The largest absolute Gasteiger partial charge is 0.468 e. The van der Waals surface area contributed by atoms with E-state index in [-0.39, 0.29) is 30.2 Å². The zero-order valence-electron chi connectivity index (χ0n) is 13.4. The number of methoxy groups -OCH3 is 1. The molecule has 0 spiro atoms. The van der Waals surface area contributed by atoms with E-state index in [0.29, 0.717) is 5.56 Å². The molecule has 23 heavy (non-hydrogen) atoms. The molecule has 8 nitrogen and oxygen atoms in total. The van der Waals surface area contributed by atoms with E-state index in [2.05, 4.69) is 10.6 Å². The Bertz CT molecular complexity index is 559. The predicted octanol–water partition coefficient (Wildman–Crippen LogP) is 1.46. The second-order valence-electron chi connectivity index (χ2n) is 5.08. The van der Waals surface area contributed by atoms with Gasteiger partial charge in [-0.15, -0.1) is 0 Å². The molecular weight excluding hydrogens is 302 g/mol. The smallest absolute Gasteiger partial charge is 0.323 e. The molecule has 0 aliphatic rings. The van der Waals surface area contributed by atoms with Crippen molar-refractivity contribution < 1.29 is 19.2 Å². The van der Waals surface area contributed by atoms with Gasteiger partial charge in [0, 0.05) is 17.7 Å². The molecule has 0 bridgehead atoms. The second-order valence-corrected chi connectivity index (χ2v) is 5.08. The zero-order valence-corrected chi connectivity index (χ0v) is 13.4. The molecule has 1 aromatic rings. The van der Waals surface area contributed by atoms with Crippen molar-refractivity contribution in [3.63, 3.8) is 0 Å². The number of hydrogen-bond donors (Lipinski definition) is 2. The normalized spacial score (nSPS) is 13.0. The number of nitrogens with one attached hydrogen (secondary N) is 2. The summed E-state index contributed by atoms with van der Waals surface area (Å²) in [6, 6.07) is 4.76. The highest BCUT2D eigenvalue weighted by molar-refractivity contribution is 5.94. The standard InChI is InChI=1S/C15H21N3O5/c1-4-10(2)13(15(20)23-3)16-9-17-14(19)11-5-7-12(8-6-11)18(21)22/h5-8,10,13,16H,4,9H2,1-3H3,(H,17,19)/t10-,13-/m0/s1. The van der Waals surface area contributed by atoms with Gasteiger partial charge in [-0.25, -0.2) is 0 Å². The molecule has 1 amide bonds. The number of non-ortho nitro benzene ring substituents is 1. The highest BCUT2D eigenvalue weighted by atomic mass is 16.6. The van der Waals surface area contributed by atoms with E-state index >= 15 is 0 Å². The summed E-state index contributed by atoms with van der Waals surface area (Å²) in [5, 5.41) is 16.1. The molecule has 0 unspecified atom stereocenters. The van der Waals surface area contributed by atoms with E-state index < -0.39 is 11.0 Å². The molecule has 0 saturated carbocycles. The number of benzene rings is 1. The van der Waals surface area contributed by atoms with Gasteiger partial charge in [-0.2, -0.15) is 0 Å². The van der Waals surface area contributed by atoms with Crippen molar-refractivity contribution in [3.8, 4) is 0 Å². The number of esters is 1. The summed E-state index contributed by atoms with van der Waals surface area (Å²) in [4.78, 5) is 33.7. The molecule has 0 heterocycles. The number of nitro groups is 1. The fourth-order valence-corrected chi connectivity index (χ4v) is 1.96. The summed E-state index contributed by atoms with van der Waals surface area (Å²) >= 11 is 0. The van der Waals surface area contributed by atoms with Crippen LogP contribution in [0.5, 0.6) is 0 Å². The average molecular weight is 323 g/mol. The maximum Gasteiger partial charge on any atom is 0.323 e. The molecule has 0 aliphatic carbocycles. The molecule has 1 aromatic carbocycles. The Morgan fingerprint density at radius 2 is 1.91 bits per heavy atom. The highest BCUT2D eigenvalue weighted by Crippen LogP contribution is 2.12. The molecule has 0 aromatic heterocycles. The van der Waals surface area contributed by atoms with E-state index in [9.17, 15) is 19.7 Å². The maximum absolute atomic E-state index is 11.9. The van der Waals surface area contributed by atoms with Gasteiger partial charge in [0.25, 0.3) is 11.6 Å². The van der Waals surface area contributed by atoms with Crippen LogP contribution in [0.2, 0.25) is 0 Å². The van der Waals surface area contributed by atoms with Crippen LogP contribution >= 0.6 is 0 Å². The second kappa shape index (κ2) is 8.84. The third kappa shape index (κ3) is 5.33. The third-order valence-corrected chi connectivity index (χ3v) is 3.58. The number of nitro benzene ring substituents is 1. The van der Waals surface area contributed by atoms with Crippen LogP contribution < -0.4 is 10.6 Å². The van der Waals surface area contributed by atoms with Crippen molar-refractivity contribution in [1.29, 1.82) is 0 Å². The molecule has 126 valence electrons. The van der Waals surface area contributed by atoms with Crippen LogP contribution in [0.15, 0.2) is 24.3 Å². The first-order valence-electron chi connectivity index (χ1n) is 7.24. The van der Waals surface area contributed by atoms with Crippen LogP contribution in [0.4, 0.5) is 5.69 Å². The Kier molecular flexibility index (Phi) is 7.14. The fourth-order valence-electron chi connectivity index (χ4n) is 1.96. The lowest BCUT2D eigenvalue weighted by Gasteiger charge is -2.22. The van der Waals surface area contributed by atoms with Crippen LogP contribution in [0, 0.1) is 16.0 Å². The van der Waals surface area contributed by atoms with Gasteiger partial charge < -0.3 is 10.1 Å². The lowest BCUT2D eigenvalue weighted by atomic mass is 9.99. The van der Waals surface area contributed by atoms with Crippen LogP contribution in [-0.4, -0.2) is 36.6 Å². The first kappa shape index (κ1) is 18.6. The quantitative estimate of drug-likeness (QED) is 0.324. The van der Waals surface area contributed by atoms with E-state index in [0.717, 1.165) is 6.42 Å². The topological polar surface area (TPSA) is 111 Å². The zero-order chi connectivity index (χ0) is 17.4. The minimum Gasteiger partial charge on any atom is -0.468 e. The number of hydrogen-bond acceptors (Lipinski definition) is 6. The molecule has 2 atom stereocenters. The first-order valence-corrected chi connectivity index (χ1v) is 7.24. The van der Waals surface area contributed by atoms with Gasteiger partial charge in [-0.3, -0.25) is 25.0 Å². The molecule has 2 N–H and O–H groups in total. The summed E-state index contributed by atoms with van der Waals surface area (Å²) in [6.07, 6.45) is 0.781. The van der Waals surface area contributed by atoms with E-state index in [1.54, 1.807) is 0 Å². The number of carbonyl (C=O) groups is 2. The van der Waals surface area contributed by atoms with Crippen molar-refractivity contribution >= 4 is 17.6 Å². The Labute approximate surface area is 134 Å². The summed E-state index contributed by atoms with van der Waals surface area (Å²) in [5.74, 6) is -0.720. The van der Waals surface area contributed by atoms with Crippen LogP contribution in [0.3, 0.4) is 0 Å². The summed E-state index contributed by atoms with van der Waals surface area (Å²) in [5.41, 5.74) is 0.220. The van der Waals surface area contributed by atoms with Gasteiger partial charge in [-0.1, -0.05) is 20.3 Å². The van der Waals surface area contributed by atoms with Crippen molar-refractivity contribution in [1.82, 2.24) is 10.6 Å². The van der Waals surface area contributed by atoms with Crippen molar-refractivity contribution in [2.24, 2.45) is 5.92 Å². The molecular formula is C15H21N3O5. The lowest BCUT2D eigenvalue weighted by Crippen LogP contribution is -2.47. The first-order chi connectivity index (χ1) is 10.9. The number of ether oxygens (including phenoxy) is 1. The van der Waals surface area contributed by atoms with Crippen LogP contribution in [0.1, 0.15) is 30.6 Å². The number of rotatable bonds is 8. The van der Waals surface area contributed by atoms with Crippen molar-refractivity contribution in [3.05, 3.63) is 39.9 Å². The van der Waals surface area contributed by atoms with Gasteiger partial charge >= 0.3 is 5.97 Å². The number of carbonyl (C=O) groups excluding carboxylic acids is 2. The minimum absolute atomic E-state index is 0.0544. The molecule has 0 radical (unpaired) electrons. The SMILES string of the molecule is CC[C@H](C)[C@H](NCNC(=O)c1ccc([N+](=O)[O-])cc1)C(=O)OC. The Morgan fingerprint density at radius 1 is 1.30 bits per heavy atom. The van der Waals surface area contributed by atoms with E-state index in [1.165, 1.54) is 31.4 Å². The van der Waals surface area contributed by atoms with Gasteiger partial charge in [0.05, 0.1) is 18.7 Å². The summed E-state index contributed by atoms with van der Waals surface area (Å²) in [6.45, 7) is 3.95. The lowest BCUT2D eigenvalue weighted by molar-refractivity contribution is -0.384. The maximum atomic E-state index is 11.9. The monoisotopic (exact) mass is 323 g/mol. The molecule has 8 heteroatoms. The average Bonchev–Trinajstić information content (AvgIpc) is 2.57. The molecule has 1 rings (SSSR count). The predicted molar refractivity (Wildman–Crippen MR) is 83.8 cm³/mol. The van der Waals surface area contributed by atoms with E-state index in [4.69, 9.17) is 4.74 Å². The van der Waals surface area contributed by atoms with Gasteiger partial charge in [-0.05, 0) is 18.1 Å². The molecule has 0 aliphatic heterocycles. The van der Waals surface area contributed by atoms with Crippen molar-refractivity contribution in [2.45, 2.75) is 26.3 Å². The third-order valence-electron chi connectivity index (χ3n) is 3.58. The Hall–Kier alpha value is -2.48. The summed E-state index contributed by atoms with van der Waals surface area (Å²) in [7, 11) is 1.31. The molecule has 0 fully saturated rings.